The molecule has 1 heterocycles. The number of rotatable bonds is 9. The molecule has 0 spiro atoms. The number of nitrogens with one attached hydrogen (secondary N) is 1. The molecule has 0 atom stereocenters. The zero-order chi connectivity index (χ0) is 18.2. The predicted octanol–water partition coefficient (Wildman–Crippen LogP) is 3.96. The van der Waals surface area contributed by atoms with E-state index in [0.29, 0.717) is 6.61 Å². The summed E-state index contributed by atoms with van der Waals surface area (Å²) in [5.41, 5.74) is 3.52. The van der Waals surface area contributed by atoms with Gasteiger partial charge in [0.05, 0.1) is 20.0 Å². The molecule has 0 amide bonds. The maximum absolute atomic E-state index is 5.77. The quantitative estimate of drug-likeness (QED) is 0.634. The van der Waals surface area contributed by atoms with E-state index < -0.39 is 0 Å². The summed E-state index contributed by atoms with van der Waals surface area (Å²) in [6.07, 6.45) is 6.49. The molecule has 0 bridgehead atoms. The summed E-state index contributed by atoms with van der Waals surface area (Å²) in [5, 5.41) is 3.48. The number of imidazole rings is 1. The third kappa shape index (κ3) is 4.64. The largest absolute Gasteiger partial charge is 0.493 e. The van der Waals surface area contributed by atoms with Crippen molar-refractivity contribution in [1.82, 2.24) is 14.9 Å². The Bertz CT molecular complexity index is 799. The van der Waals surface area contributed by atoms with Gasteiger partial charge in [0.15, 0.2) is 11.5 Å². The van der Waals surface area contributed by atoms with Gasteiger partial charge in [-0.2, -0.15) is 0 Å². The van der Waals surface area contributed by atoms with Crippen molar-refractivity contribution in [2.45, 2.75) is 26.4 Å². The molecule has 1 N–H and O–H groups in total. The fraction of sp³-hybridized carbons (Fsp3) is 0.286. The van der Waals surface area contributed by atoms with E-state index in [1.165, 1.54) is 11.1 Å². The maximum atomic E-state index is 5.77. The summed E-state index contributed by atoms with van der Waals surface area (Å²) in [7, 11) is 1.67. The van der Waals surface area contributed by atoms with Crippen LogP contribution in [0.3, 0.4) is 0 Å². The third-order valence-corrected chi connectivity index (χ3v) is 4.09. The summed E-state index contributed by atoms with van der Waals surface area (Å²) >= 11 is 0. The van der Waals surface area contributed by atoms with Gasteiger partial charge in [-0.05, 0) is 41.8 Å². The summed E-state index contributed by atoms with van der Waals surface area (Å²) in [5.74, 6) is 1.58. The topological polar surface area (TPSA) is 48.3 Å². The smallest absolute Gasteiger partial charge is 0.161 e. The normalized spacial score (nSPS) is 10.7. The molecule has 0 aliphatic carbocycles. The van der Waals surface area contributed by atoms with Crippen LogP contribution < -0.4 is 14.8 Å². The highest BCUT2D eigenvalue weighted by molar-refractivity contribution is 5.43. The number of benzene rings is 2. The first-order valence-corrected chi connectivity index (χ1v) is 8.88. The van der Waals surface area contributed by atoms with Gasteiger partial charge in [0.2, 0.25) is 0 Å². The second-order valence-electron chi connectivity index (χ2n) is 6.07. The molecule has 0 saturated carbocycles. The van der Waals surface area contributed by atoms with Crippen LogP contribution in [-0.2, 0) is 13.1 Å². The second-order valence-corrected chi connectivity index (χ2v) is 6.07. The van der Waals surface area contributed by atoms with Crippen molar-refractivity contribution in [1.29, 1.82) is 0 Å². The highest BCUT2D eigenvalue weighted by Gasteiger charge is 2.05. The molecule has 0 saturated heterocycles. The van der Waals surface area contributed by atoms with Gasteiger partial charge in [-0.25, -0.2) is 4.98 Å². The van der Waals surface area contributed by atoms with Crippen LogP contribution in [0, 0.1) is 0 Å². The van der Waals surface area contributed by atoms with E-state index in [2.05, 4.69) is 47.6 Å². The molecule has 0 radical (unpaired) electrons. The van der Waals surface area contributed by atoms with Crippen LogP contribution in [0.5, 0.6) is 11.5 Å². The molecule has 0 aliphatic rings. The SMILES string of the molecule is CCCOc1cc(CNCc2ccc(-n3ccnc3)cc2)ccc1OC. The van der Waals surface area contributed by atoms with E-state index in [0.717, 1.165) is 36.7 Å². The molecule has 26 heavy (non-hydrogen) atoms. The lowest BCUT2D eigenvalue weighted by atomic mass is 10.1. The van der Waals surface area contributed by atoms with Gasteiger partial charge in [-0.15, -0.1) is 0 Å². The Hall–Kier alpha value is -2.79. The van der Waals surface area contributed by atoms with E-state index in [1.54, 1.807) is 19.6 Å². The van der Waals surface area contributed by atoms with E-state index in [4.69, 9.17) is 9.47 Å². The molecule has 3 aromatic rings. The van der Waals surface area contributed by atoms with E-state index >= 15 is 0 Å². The zero-order valence-electron chi connectivity index (χ0n) is 15.3. The van der Waals surface area contributed by atoms with Crippen LogP contribution in [0.4, 0.5) is 0 Å². The van der Waals surface area contributed by atoms with Gasteiger partial charge in [-0.1, -0.05) is 25.1 Å². The Labute approximate surface area is 154 Å². The fourth-order valence-electron chi connectivity index (χ4n) is 2.70. The minimum absolute atomic E-state index is 0.691. The van der Waals surface area contributed by atoms with Gasteiger partial charge >= 0.3 is 0 Å². The average Bonchev–Trinajstić information content (AvgIpc) is 3.22. The standard InChI is InChI=1S/C21H25N3O2/c1-3-12-26-21-13-18(6-9-20(21)25-2)15-23-14-17-4-7-19(8-5-17)24-11-10-22-16-24/h4-11,13,16,23H,3,12,14-15H2,1-2H3. The molecule has 2 aromatic carbocycles. The van der Waals surface area contributed by atoms with Crippen molar-refractivity contribution >= 4 is 0 Å². The van der Waals surface area contributed by atoms with Crippen LogP contribution in [0.1, 0.15) is 24.5 Å². The summed E-state index contributed by atoms with van der Waals surface area (Å²) in [6, 6.07) is 14.5. The lowest BCUT2D eigenvalue weighted by molar-refractivity contribution is 0.294. The van der Waals surface area contributed by atoms with E-state index in [-0.39, 0.29) is 0 Å². The first-order valence-electron chi connectivity index (χ1n) is 8.88. The van der Waals surface area contributed by atoms with Crippen LogP contribution in [0.2, 0.25) is 0 Å². The highest BCUT2D eigenvalue weighted by Crippen LogP contribution is 2.28. The van der Waals surface area contributed by atoms with Crippen molar-refractivity contribution in [3.63, 3.8) is 0 Å². The van der Waals surface area contributed by atoms with Crippen molar-refractivity contribution in [2.75, 3.05) is 13.7 Å². The zero-order valence-corrected chi connectivity index (χ0v) is 15.3. The number of hydrogen-bond acceptors (Lipinski definition) is 4. The number of ether oxygens (including phenoxy) is 2. The number of aromatic nitrogens is 2. The summed E-state index contributed by atoms with van der Waals surface area (Å²) in [4.78, 5) is 4.07. The lowest BCUT2D eigenvalue weighted by Gasteiger charge is -2.12. The minimum Gasteiger partial charge on any atom is -0.493 e. The Balaban J connectivity index is 1.56. The minimum atomic E-state index is 0.691. The summed E-state index contributed by atoms with van der Waals surface area (Å²) in [6.45, 7) is 4.36. The van der Waals surface area contributed by atoms with Crippen LogP contribution >= 0.6 is 0 Å². The molecular weight excluding hydrogens is 326 g/mol. The monoisotopic (exact) mass is 351 g/mol. The van der Waals surface area contributed by atoms with Gasteiger partial charge in [0.1, 0.15) is 0 Å². The van der Waals surface area contributed by atoms with Crippen LogP contribution in [0.25, 0.3) is 5.69 Å². The predicted molar refractivity (Wildman–Crippen MR) is 103 cm³/mol. The number of nitrogens with zero attached hydrogens (tertiary/aromatic N) is 2. The Morgan fingerprint density at radius 1 is 1.00 bits per heavy atom. The Morgan fingerprint density at radius 3 is 2.46 bits per heavy atom. The second kappa shape index (κ2) is 9.06. The number of hydrogen-bond donors (Lipinski definition) is 1. The van der Waals surface area contributed by atoms with Crippen molar-refractivity contribution < 1.29 is 9.47 Å². The maximum Gasteiger partial charge on any atom is 0.161 e. The van der Waals surface area contributed by atoms with Gasteiger partial charge in [-0.3, -0.25) is 0 Å². The average molecular weight is 351 g/mol. The van der Waals surface area contributed by atoms with Crippen molar-refractivity contribution in [3.05, 3.63) is 72.3 Å². The first-order chi connectivity index (χ1) is 12.8. The summed E-state index contributed by atoms with van der Waals surface area (Å²) < 4.78 is 13.1. The Kier molecular flexibility index (Phi) is 6.28. The fourth-order valence-corrected chi connectivity index (χ4v) is 2.70. The van der Waals surface area contributed by atoms with E-state index in [1.807, 2.05) is 22.9 Å². The van der Waals surface area contributed by atoms with Crippen LogP contribution in [0.15, 0.2) is 61.2 Å². The molecule has 0 aliphatic heterocycles. The van der Waals surface area contributed by atoms with Crippen LogP contribution in [-0.4, -0.2) is 23.3 Å². The van der Waals surface area contributed by atoms with Crippen molar-refractivity contribution in [3.8, 4) is 17.2 Å². The van der Waals surface area contributed by atoms with E-state index in [9.17, 15) is 0 Å². The molecule has 1 aromatic heterocycles. The van der Waals surface area contributed by atoms with Gasteiger partial charge in [0.25, 0.3) is 0 Å². The molecule has 136 valence electrons. The molecular formula is C21H25N3O2. The molecule has 5 heteroatoms. The molecule has 3 rings (SSSR count). The first kappa shape index (κ1) is 18.0. The van der Waals surface area contributed by atoms with Gasteiger partial charge < -0.3 is 19.4 Å². The third-order valence-electron chi connectivity index (χ3n) is 4.09. The lowest BCUT2D eigenvalue weighted by Crippen LogP contribution is -2.13. The number of methoxy groups -OCH3 is 1. The molecule has 0 unspecified atom stereocenters. The molecule has 0 fully saturated rings. The highest BCUT2D eigenvalue weighted by atomic mass is 16.5. The van der Waals surface area contributed by atoms with Crippen molar-refractivity contribution in [2.24, 2.45) is 0 Å². The molecule has 5 nitrogen and oxygen atoms in total. The Morgan fingerprint density at radius 2 is 1.77 bits per heavy atom. The van der Waals surface area contributed by atoms with Gasteiger partial charge in [0, 0.05) is 31.2 Å².